The number of nitrogens with one attached hydrogen (secondary N) is 1. The maximum atomic E-state index is 12.2. The lowest BCUT2D eigenvalue weighted by atomic mass is 10.0. The lowest BCUT2D eigenvalue weighted by Crippen LogP contribution is -2.31. The molecule has 1 aromatic carbocycles. The van der Waals surface area contributed by atoms with Gasteiger partial charge in [0.1, 0.15) is 0 Å². The molecule has 0 bridgehead atoms. The van der Waals surface area contributed by atoms with Crippen LogP contribution in [0.2, 0.25) is 0 Å². The molecule has 1 unspecified atom stereocenters. The summed E-state index contributed by atoms with van der Waals surface area (Å²) in [5.74, 6) is 5.13. The zero-order chi connectivity index (χ0) is 12.2. The van der Waals surface area contributed by atoms with Crippen LogP contribution in [0.3, 0.4) is 0 Å². The average molecular weight is 232 g/mol. The molecule has 0 aliphatic rings. The summed E-state index contributed by atoms with van der Waals surface area (Å²) >= 11 is 0. The Morgan fingerprint density at radius 3 is 2.19 bits per heavy atom. The van der Waals surface area contributed by atoms with Crippen LogP contribution in [0.5, 0.6) is 0 Å². The second-order valence-electron chi connectivity index (χ2n) is 3.63. The fourth-order valence-corrected chi connectivity index (χ4v) is 1.49. The van der Waals surface area contributed by atoms with Crippen LogP contribution >= 0.6 is 0 Å². The molecule has 5 heteroatoms. The van der Waals surface area contributed by atoms with E-state index in [4.69, 9.17) is 5.84 Å². The Balaban J connectivity index is 2.79. The van der Waals surface area contributed by atoms with Crippen molar-refractivity contribution in [3.63, 3.8) is 0 Å². The lowest BCUT2D eigenvalue weighted by Gasteiger charge is -2.18. The summed E-state index contributed by atoms with van der Waals surface area (Å²) in [7, 11) is 0. The minimum absolute atomic E-state index is 0.553. The number of rotatable bonds is 4. The molecule has 0 aromatic heterocycles. The van der Waals surface area contributed by atoms with Crippen LogP contribution in [-0.2, 0) is 6.42 Å². The molecule has 3 N–H and O–H groups in total. The number of hydrazine groups is 1. The van der Waals surface area contributed by atoms with E-state index in [1.807, 2.05) is 19.1 Å². The van der Waals surface area contributed by atoms with E-state index in [9.17, 15) is 13.2 Å². The summed E-state index contributed by atoms with van der Waals surface area (Å²) in [5.41, 5.74) is 3.83. The van der Waals surface area contributed by atoms with Gasteiger partial charge in [-0.1, -0.05) is 31.2 Å². The second kappa shape index (κ2) is 5.32. The van der Waals surface area contributed by atoms with Gasteiger partial charge in [0, 0.05) is 0 Å². The molecule has 1 aromatic rings. The molecule has 0 spiro atoms. The summed E-state index contributed by atoms with van der Waals surface area (Å²) in [6.07, 6.45) is -4.32. The summed E-state index contributed by atoms with van der Waals surface area (Å²) in [5, 5.41) is 0. The maximum Gasteiger partial charge on any atom is 0.390 e. The van der Waals surface area contributed by atoms with Gasteiger partial charge in [-0.05, 0) is 17.5 Å². The van der Waals surface area contributed by atoms with Crippen LogP contribution in [0.4, 0.5) is 13.2 Å². The van der Waals surface area contributed by atoms with E-state index >= 15 is 0 Å². The van der Waals surface area contributed by atoms with Crippen molar-refractivity contribution in [2.45, 2.75) is 32.0 Å². The highest BCUT2D eigenvalue weighted by Crippen LogP contribution is 2.29. The van der Waals surface area contributed by atoms with Crippen LogP contribution in [0.1, 0.15) is 30.5 Å². The van der Waals surface area contributed by atoms with Crippen LogP contribution in [0, 0.1) is 0 Å². The zero-order valence-corrected chi connectivity index (χ0v) is 9.01. The standard InChI is InChI=1S/C11H15F3N2/c1-2-8-3-5-9(6-4-8)10(16-15)7-11(12,13)14/h3-6,10,16H,2,7,15H2,1H3. The Labute approximate surface area is 92.6 Å². The predicted octanol–water partition coefficient (Wildman–Crippen LogP) is 2.71. The van der Waals surface area contributed by atoms with Crippen molar-refractivity contribution in [2.24, 2.45) is 5.84 Å². The molecule has 0 amide bonds. The minimum atomic E-state index is -4.22. The summed E-state index contributed by atoms with van der Waals surface area (Å²) in [6.45, 7) is 1.99. The van der Waals surface area contributed by atoms with Crippen molar-refractivity contribution in [1.82, 2.24) is 5.43 Å². The molecule has 1 rings (SSSR count). The molecule has 0 heterocycles. The van der Waals surface area contributed by atoms with Crippen LogP contribution in [0.25, 0.3) is 0 Å². The van der Waals surface area contributed by atoms with E-state index in [1.165, 1.54) is 0 Å². The fraction of sp³-hybridized carbons (Fsp3) is 0.455. The lowest BCUT2D eigenvalue weighted by molar-refractivity contribution is -0.140. The Morgan fingerprint density at radius 1 is 1.25 bits per heavy atom. The molecule has 0 aliphatic carbocycles. The highest BCUT2D eigenvalue weighted by atomic mass is 19.4. The third-order valence-corrected chi connectivity index (χ3v) is 2.43. The molecular formula is C11H15F3N2. The number of hydrogen-bond donors (Lipinski definition) is 2. The Bertz CT molecular complexity index is 319. The quantitative estimate of drug-likeness (QED) is 0.618. The molecule has 0 saturated carbocycles. The van der Waals surface area contributed by atoms with Crippen molar-refractivity contribution in [3.05, 3.63) is 35.4 Å². The van der Waals surface area contributed by atoms with Gasteiger partial charge >= 0.3 is 6.18 Å². The van der Waals surface area contributed by atoms with Crippen molar-refractivity contribution >= 4 is 0 Å². The van der Waals surface area contributed by atoms with E-state index in [0.717, 1.165) is 12.0 Å². The molecule has 0 saturated heterocycles. The zero-order valence-electron chi connectivity index (χ0n) is 9.01. The minimum Gasteiger partial charge on any atom is -0.271 e. The van der Waals surface area contributed by atoms with E-state index < -0.39 is 18.6 Å². The first-order valence-corrected chi connectivity index (χ1v) is 5.08. The van der Waals surface area contributed by atoms with Crippen molar-refractivity contribution in [3.8, 4) is 0 Å². The van der Waals surface area contributed by atoms with E-state index in [1.54, 1.807) is 12.1 Å². The van der Waals surface area contributed by atoms with Crippen LogP contribution < -0.4 is 11.3 Å². The first kappa shape index (κ1) is 13.0. The second-order valence-corrected chi connectivity index (χ2v) is 3.63. The van der Waals surface area contributed by atoms with Gasteiger partial charge in [0.05, 0.1) is 12.5 Å². The smallest absolute Gasteiger partial charge is 0.271 e. The van der Waals surface area contributed by atoms with Gasteiger partial charge in [-0.3, -0.25) is 11.3 Å². The average Bonchev–Trinajstić information content (AvgIpc) is 2.25. The van der Waals surface area contributed by atoms with E-state index in [-0.39, 0.29) is 0 Å². The number of alkyl halides is 3. The largest absolute Gasteiger partial charge is 0.390 e. The Hall–Kier alpha value is -1.07. The van der Waals surface area contributed by atoms with Crippen LogP contribution in [0.15, 0.2) is 24.3 Å². The third-order valence-electron chi connectivity index (χ3n) is 2.43. The molecule has 0 fully saturated rings. The summed E-state index contributed by atoms with van der Waals surface area (Å²) in [4.78, 5) is 0. The number of halogens is 3. The van der Waals surface area contributed by atoms with Crippen molar-refractivity contribution < 1.29 is 13.2 Å². The normalized spacial score (nSPS) is 13.8. The van der Waals surface area contributed by atoms with Gasteiger partial charge in [0.25, 0.3) is 0 Å². The Kier molecular flexibility index (Phi) is 4.32. The number of nitrogens with two attached hydrogens (primary N) is 1. The van der Waals surface area contributed by atoms with Gasteiger partial charge in [0.2, 0.25) is 0 Å². The first-order chi connectivity index (χ1) is 7.46. The fourth-order valence-electron chi connectivity index (χ4n) is 1.49. The van der Waals surface area contributed by atoms with Gasteiger partial charge in [-0.15, -0.1) is 0 Å². The third kappa shape index (κ3) is 3.83. The number of aryl methyl sites for hydroxylation is 1. The van der Waals surface area contributed by atoms with Gasteiger partial charge in [-0.25, -0.2) is 0 Å². The molecule has 16 heavy (non-hydrogen) atoms. The molecule has 2 nitrogen and oxygen atoms in total. The number of benzene rings is 1. The van der Waals surface area contributed by atoms with Gasteiger partial charge in [-0.2, -0.15) is 13.2 Å². The monoisotopic (exact) mass is 232 g/mol. The van der Waals surface area contributed by atoms with Gasteiger partial charge < -0.3 is 0 Å². The summed E-state index contributed by atoms with van der Waals surface area (Å²) in [6, 6.07) is 6.10. The first-order valence-electron chi connectivity index (χ1n) is 5.08. The van der Waals surface area contributed by atoms with Gasteiger partial charge in [0.15, 0.2) is 0 Å². The topological polar surface area (TPSA) is 38.0 Å². The number of hydrogen-bond acceptors (Lipinski definition) is 2. The predicted molar refractivity (Wildman–Crippen MR) is 56.6 cm³/mol. The van der Waals surface area contributed by atoms with Crippen LogP contribution in [-0.4, -0.2) is 6.18 Å². The highest BCUT2D eigenvalue weighted by molar-refractivity contribution is 5.25. The molecule has 1 atom stereocenters. The summed E-state index contributed by atoms with van der Waals surface area (Å²) < 4.78 is 36.7. The van der Waals surface area contributed by atoms with E-state index in [2.05, 4.69) is 5.43 Å². The maximum absolute atomic E-state index is 12.2. The van der Waals surface area contributed by atoms with E-state index in [0.29, 0.717) is 5.56 Å². The molecule has 0 radical (unpaired) electrons. The molecule has 0 aliphatic heterocycles. The SMILES string of the molecule is CCc1ccc(C(CC(F)(F)F)NN)cc1. The highest BCUT2D eigenvalue weighted by Gasteiger charge is 2.32. The molecular weight excluding hydrogens is 217 g/mol. The molecule has 90 valence electrons. The van der Waals surface area contributed by atoms with Crippen molar-refractivity contribution in [2.75, 3.05) is 0 Å². The Morgan fingerprint density at radius 2 is 1.81 bits per heavy atom. The van der Waals surface area contributed by atoms with Crippen molar-refractivity contribution in [1.29, 1.82) is 0 Å².